The third-order valence-corrected chi connectivity index (χ3v) is 6.93. The molecule has 2 N–H and O–H groups in total. The van der Waals surface area contributed by atoms with Crippen LogP contribution in [0.4, 0.5) is 5.69 Å². The van der Waals surface area contributed by atoms with Gasteiger partial charge in [-0.15, -0.1) is 11.8 Å². The number of anilines is 1. The van der Waals surface area contributed by atoms with Gasteiger partial charge in [0.2, 0.25) is 11.8 Å². The maximum Gasteiger partial charge on any atom is 0.306 e. The lowest BCUT2D eigenvalue weighted by Gasteiger charge is -2.17. The number of hydrogen-bond acceptors (Lipinski definition) is 6. The number of thioether (sulfide) groups is 1. The molecule has 37 heavy (non-hydrogen) atoms. The Balaban J connectivity index is 2.00. The van der Waals surface area contributed by atoms with Crippen molar-refractivity contribution in [2.45, 2.75) is 77.3 Å². The van der Waals surface area contributed by atoms with Crippen LogP contribution in [0.5, 0.6) is 5.75 Å². The van der Waals surface area contributed by atoms with E-state index in [-0.39, 0.29) is 24.2 Å². The van der Waals surface area contributed by atoms with Crippen LogP contribution in [0.3, 0.4) is 0 Å². The Morgan fingerprint density at radius 3 is 2.49 bits per heavy atom. The molecule has 0 aliphatic rings. The Morgan fingerprint density at radius 2 is 1.81 bits per heavy atom. The Kier molecular flexibility index (Phi) is 13.6. The van der Waals surface area contributed by atoms with Crippen LogP contribution < -0.4 is 15.4 Å². The van der Waals surface area contributed by atoms with Crippen molar-refractivity contribution in [1.82, 2.24) is 5.32 Å². The number of rotatable bonds is 16. The molecule has 8 heteroatoms. The van der Waals surface area contributed by atoms with Crippen molar-refractivity contribution in [3.63, 3.8) is 0 Å². The lowest BCUT2D eigenvalue weighted by Crippen LogP contribution is -2.40. The summed E-state index contributed by atoms with van der Waals surface area (Å²) in [5.41, 5.74) is 1.60. The smallest absolute Gasteiger partial charge is 0.306 e. The number of benzene rings is 2. The van der Waals surface area contributed by atoms with Gasteiger partial charge in [-0.05, 0) is 37.0 Å². The van der Waals surface area contributed by atoms with Crippen molar-refractivity contribution in [2.24, 2.45) is 5.92 Å². The van der Waals surface area contributed by atoms with Crippen molar-refractivity contribution < 1.29 is 23.9 Å². The van der Waals surface area contributed by atoms with Gasteiger partial charge in [0.05, 0.1) is 18.7 Å². The number of amides is 2. The third kappa shape index (κ3) is 11.7. The molecule has 0 aliphatic heterocycles. The van der Waals surface area contributed by atoms with Crippen molar-refractivity contribution >= 4 is 35.2 Å². The molecule has 0 radical (unpaired) electrons. The number of esters is 1. The summed E-state index contributed by atoms with van der Waals surface area (Å²) in [5.74, 6) is 0.694. The molecule has 2 atom stereocenters. The van der Waals surface area contributed by atoms with Gasteiger partial charge in [0, 0.05) is 23.6 Å². The second-order valence-corrected chi connectivity index (χ2v) is 10.2. The minimum Gasteiger partial charge on any atom is -0.489 e. The zero-order valence-electron chi connectivity index (χ0n) is 22.4. The summed E-state index contributed by atoms with van der Waals surface area (Å²) in [6.07, 6.45) is 4.64. The van der Waals surface area contributed by atoms with E-state index in [4.69, 9.17) is 9.47 Å². The van der Waals surface area contributed by atoms with Gasteiger partial charge in [0.15, 0.2) is 0 Å². The molecule has 0 saturated carbocycles. The highest BCUT2D eigenvalue weighted by Crippen LogP contribution is 2.32. The predicted molar refractivity (Wildman–Crippen MR) is 149 cm³/mol. The molecule has 0 fully saturated rings. The summed E-state index contributed by atoms with van der Waals surface area (Å²) in [7, 11) is 0. The number of carbonyl (C=O) groups excluding carboxylic acids is 3. The molecule has 0 saturated heterocycles. The lowest BCUT2D eigenvalue weighted by atomic mass is 10.0. The van der Waals surface area contributed by atoms with E-state index >= 15 is 0 Å². The summed E-state index contributed by atoms with van der Waals surface area (Å²) >= 11 is 1.46. The zero-order valence-corrected chi connectivity index (χ0v) is 23.2. The SMILES string of the molecule is CCCCC(CC)COC(=O)CCSc1ccc(OCc2ccccc2)cc1NC(=O)[C@H](C)NC(C)=O. The van der Waals surface area contributed by atoms with Crippen molar-refractivity contribution in [2.75, 3.05) is 17.7 Å². The Hall–Kier alpha value is -3.00. The van der Waals surface area contributed by atoms with E-state index in [1.807, 2.05) is 42.5 Å². The van der Waals surface area contributed by atoms with Crippen molar-refractivity contribution in [3.8, 4) is 5.75 Å². The highest BCUT2D eigenvalue weighted by Gasteiger charge is 2.17. The van der Waals surface area contributed by atoms with Crippen LogP contribution in [-0.4, -0.2) is 36.2 Å². The van der Waals surface area contributed by atoms with E-state index in [2.05, 4.69) is 24.5 Å². The number of nitrogens with one attached hydrogen (secondary N) is 2. The molecule has 0 heterocycles. The van der Waals surface area contributed by atoms with Gasteiger partial charge in [-0.2, -0.15) is 0 Å². The molecule has 0 aliphatic carbocycles. The lowest BCUT2D eigenvalue weighted by molar-refractivity contribution is -0.144. The molecule has 202 valence electrons. The number of ether oxygens (including phenoxy) is 2. The molecule has 0 aromatic heterocycles. The predicted octanol–water partition coefficient (Wildman–Crippen LogP) is 5.97. The van der Waals surface area contributed by atoms with E-state index in [1.165, 1.54) is 18.7 Å². The van der Waals surface area contributed by atoms with Gasteiger partial charge in [-0.3, -0.25) is 14.4 Å². The summed E-state index contributed by atoms with van der Waals surface area (Å²) < 4.78 is 11.4. The van der Waals surface area contributed by atoms with E-state index in [1.54, 1.807) is 13.0 Å². The first-order valence-electron chi connectivity index (χ1n) is 13.0. The Morgan fingerprint density at radius 1 is 1.05 bits per heavy atom. The van der Waals surface area contributed by atoms with Gasteiger partial charge >= 0.3 is 5.97 Å². The highest BCUT2D eigenvalue weighted by molar-refractivity contribution is 7.99. The highest BCUT2D eigenvalue weighted by atomic mass is 32.2. The molecular weight excluding hydrogens is 488 g/mol. The molecule has 1 unspecified atom stereocenters. The summed E-state index contributed by atoms with van der Waals surface area (Å²) in [5, 5.41) is 5.48. The normalized spacial score (nSPS) is 12.3. The van der Waals surface area contributed by atoms with Crippen LogP contribution in [-0.2, 0) is 25.7 Å². The van der Waals surface area contributed by atoms with Gasteiger partial charge in [0.25, 0.3) is 0 Å². The average Bonchev–Trinajstić information content (AvgIpc) is 2.88. The van der Waals surface area contributed by atoms with E-state index in [0.29, 0.717) is 36.3 Å². The molecule has 0 spiro atoms. The third-order valence-electron chi connectivity index (χ3n) is 5.86. The standard InChI is InChI=1S/C29H40N2O5S/c1-5-7-11-23(6-2)19-36-28(33)16-17-37-27-15-14-25(35-20-24-12-9-8-10-13-24)18-26(27)31-29(34)21(3)30-22(4)32/h8-10,12-15,18,21,23H,5-7,11,16-17,19-20H2,1-4H3,(H,30,32)(H,31,34)/t21-,23?/m0/s1. The van der Waals surface area contributed by atoms with Crippen LogP contribution in [0, 0.1) is 5.92 Å². The largest absolute Gasteiger partial charge is 0.489 e. The van der Waals surface area contributed by atoms with Crippen molar-refractivity contribution in [3.05, 3.63) is 54.1 Å². The van der Waals surface area contributed by atoms with Gasteiger partial charge in [-0.1, -0.05) is 63.4 Å². The second-order valence-electron chi connectivity index (χ2n) is 9.04. The zero-order chi connectivity index (χ0) is 27.0. The summed E-state index contributed by atoms with van der Waals surface area (Å²) in [6.45, 7) is 8.14. The van der Waals surface area contributed by atoms with Gasteiger partial charge in [0.1, 0.15) is 18.4 Å². The van der Waals surface area contributed by atoms with Crippen LogP contribution in [0.15, 0.2) is 53.4 Å². The first-order chi connectivity index (χ1) is 17.8. The van der Waals surface area contributed by atoms with Crippen molar-refractivity contribution in [1.29, 1.82) is 0 Å². The fourth-order valence-corrected chi connectivity index (χ4v) is 4.52. The summed E-state index contributed by atoms with van der Waals surface area (Å²) in [6, 6.07) is 14.6. The second kappa shape index (κ2) is 16.7. The minimum absolute atomic E-state index is 0.213. The first kappa shape index (κ1) is 30.2. The number of hydrogen-bond donors (Lipinski definition) is 2. The molecule has 0 bridgehead atoms. The topological polar surface area (TPSA) is 93.7 Å². The van der Waals surface area contributed by atoms with Crippen LogP contribution in [0.1, 0.15) is 65.4 Å². The van der Waals surface area contributed by atoms with Gasteiger partial charge in [-0.25, -0.2) is 0 Å². The summed E-state index contributed by atoms with van der Waals surface area (Å²) in [4.78, 5) is 37.1. The maximum atomic E-state index is 12.7. The van der Waals surface area contributed by atoms with Gasteiger partial charge < -0.3 is 20.1 Å². The quantitative estimate of drug-likeness (QED) is 0.206. The first-order valence-corrected chi connectivity index (χ1v) is 14.0. The maximum absolute atomic E-state index is 12.7. The number of carbonyl (C=O) groups is 3. The minimum atomic E-state index is -0.696. The Labute approximate surface area is 225 Å². The fourth-order valence-electron chi connectivity index (χ4n) is 3.60. The molecule has 2 rings (SSSR count). The molecule has 2 aromatic carbocycles. The molecule has 2 amide bonds. The molecule has 7 nitrogen and oxygen atoms in total. The van der Waals surface area contributed by atoms with E-state index in [0.717, 1.165) is 36.1 Å². The average molecular weight is 529 g/mol. The molecule has 2 aromatic rings. The number of unbranched alkanes of at least 4 members (excludes halogenated alkanes) is 1. The van der Waals surface area contributed by atoms with E-state index < -0.39 is 6.04 Å². The van der Waals surface area contributed by atoms with Crippen LogP contribution >= 0.6 is 11.8 Å². The fraction of sp³-hybridized carbons (Fsp3) is 0.483. The Bertz CT molecular complexity index is 999. The molecular formula is C29H40N2O5S. The van der Waals surface area contributed by atoms with Crippen LogP contribution in [0.2, 0.25) is 0 Å². The monoisotopic (exact) mass is 528 g/mol. The van der Waals surface area contributed by atoms with E-state index in [9.17, 15) is 14.4 Å². The van der Waals surface area contributed by atoms with Crippen LogP contribution in [0.25, 0.3) is 0 Å².